The first-order chi connectivity index (χ1) is 7.57. The van der Waals surface area contributed by atoms with Crippen molar-refractivity contribution in [2.24, 2.45) is 5.73 Å². The minimum atomic E-state index is -1.54. The summed E-state index contributed by atoms with van der Waals surface area (Å²) in [6, 6.07) is 0. The molecule has 0 aliphatic rings. The van der Waals surface area contributed by atoms with Crippen LogP contribution >= 0.6 is 0 Å². The van der Waals surface area contributed by atoms with Crippen molar-refractivity contribution in [1.29, 1.82) is 0 Å². The van der Waals surface area contributed by atoms with Gasteiger partial charge in [-0.15, -0.1) is 0 Å². The number of hydrogen-bond donors (Lipinski definition) is 2. The summed E-state index contributed by atoms with van der Waals surface area (Å²) in [6.07, 6.45) is -0.583. The Balaban J connectivity index is 3.45. The molecular formula is C9H15NO6. The average Bonchev–Trinajstić information content (AvgIpc) is 2.25. The van der Waals surface area contributed by atoms with E-state index in [1.54, 1.807) is 0 Å². The maximum absolute atomic E-state index is 11.0. The van der Waals surface area contributed by atoms with Gasteiger partial charge in [-0.2, -0.15) is 0 Å². The van der Waals surface area contributed by atoms with Gasteiger partial charge in [0, 0.05) is 13.0 Å². The van der Waals surface area contributed by atoms with Crippen LogP contribution < -0.4 is 5.73 Å². The van der Waals surface area contributed by atoms with Crippen LogP contribution in [-0.2, 0) is 23.9 Å². The van der Waals surface area contributed by atoms with Gasteiger partial charge in [0.15, 0.2) is 0 Å². The SMILES string of the molecule is NCCOCCOC(=O)CCC(=O)C(=O)O. The van der Waals surface area contributed by atoms with Gasteiger partial charge in [0.05, 0.1) is 19.6 Å². The van der Waals surface area contributed by atoms with Crippen molar-refractivity contribution in [1.82, 2.24) is 0 Å². The summed E-state index contributed by atoms with van der Waals surface area (Å²) in [5, 5.41) is 8.23. The van der Waals surface area contributed by atoms with Crippen molar-refractivity contribution in [2.75, 3.05) is 26.4 Å². The lowest BCUT2D eigenvalue weighted by atomic mass is 10.2. The molecule has 0 fully saturated rings. The zero-order chi connectivity index (χ0) is 12.4. The molecule has 7 nitrogen and oxygen atoms in total. The number of esters is 1. The van der Waals surface area contributed by atoms with Gasteiger partial charge in [-0.1, -0.05) is 0 Å². The molecule has 0 heterocycles. The Morgan fingerprint density at radius 2 is 1.75 bits per heavy atom. The van der Waals surface area contributed by atoms with Gasteiger partial charge in [-0.05, 0) is 0 Å². The number of hydrogen-bond acceptors (Lipinski definition) is 6. The highest BCUT2D eigenvalue weighted by atomic mass is 16.6. The smallest absolute Gasteiger partial charge is 0.372 e. The van der Waals surface area contributed by atoms with Gasteiger partial charge in [-0.3, -0.25) is 9.59 Å². The first kappa shape index (κ1) is 14.5. The average molecular weight is 233 g/mol. The standard InChI is InChI=1S/C9H15NO6/c10-3-4-15-5-6-16-8(12)2-1-7(11)9(13)14/h1-6,10H2,(H,13,14). The zero-order valence-electron chi connectivity index (χ0n) is 8.81. The van der Waals surface area contributed by atoms with Crippen molar-refractivity contribution in [2.45, 2.75) is 12.8 Å². The van der Waals surface area contributed by atoms with Crippen molar-refractivity contribution in [3.63, 3.8) is 0 Å². The third kappa shape index (κ3) is 7.89. The van der Waals surface area contributed by atoms with Crippen LogP contribution in [0.5, 0.6) is 0 Å². The Morgan fingerprint density at radius 3 is 2.31 bits per heavy atom. The summed E-state index contributed by atoms with van der Waals surface area (Å²) in [7, 11) is 0. The molecule has 0 saturated carbocycles. The molecule has 0 spiro atoms. The van der Waals surface area contributed by atoms with Crippen molar-refractivity contribution in [3.05, 3.63) is 0 Å². The van der Waals surface area contributed by atoms with Crippen LogP contribution in [0, 0.1) is 0 Å². The van der Waals surface area contributed by atoms with Gasteiger partial charge in [0.25, 0.3) is 0 Å². The van der Waals surface area contributed by atoms with E-state index < -0.39 is 17.7 Å². The highest BCUT2D eigenvalue weighted by Gasteiger charge is 2.13. The van der Waals surface area contributed by atoms with E-state index in [0.29, 0.717) is 13.2 Å². The molecule has 0 radical (unpaired) electrons. The van der Waals surface area contributed by atoms with E-state index in [2.05, 4.69) is 4.74 Å². The number of Topliss-reactive ketones (excluding diaryl/α,β-unsaturated/α-hetero) is 1. The minimum absolute atomic E-state index is 0.0695. The Hall–Kier alpha value is -1.47. The fourth-order valence-corrected chi connectivity index (χ4v) is 0.795. The number of carboxylic acid groups (broad SMARTS) is 1. The van der Waals surface area contributed by atoms with Crippen LogP contribution in [0.25, 0.3) is 0 Å². The molecule has 0 aromatic carbocycles. The molecular weight excluding hydrogens is 218 g/mol. The lowest BCUT2D eigenvalue weighted by Crippen LogP contribution is -2.17. The molecule has 0 bridgehead atoms. The van der Waals surface area contributed by atoms with Crippen LogP contribution in [0.3, 0.4) is 0 Å². The highest BCUT2D eigenvalue weighted by molar-refractivity contribution is 6.32. The number of rotatable bonds is 9. The number of nitrogens with two attached hydrogens (primary N) is 1. The first-order valence-corrected chi connectivity index (χ1v) is 4.77. The monoisotopic (exact) mass is 233 g/mol. The van der Waals surface area contributed by atoms with Crippen LogP contribution in [0.2, 0.25) is 0 Å². The predicted molar refractivity (Wildman–Crippen MR) is 52.7 cm³/mol. The summed E-state index contributed by atoms with van der Waals surface area (Å²) in [5.41, 5.74) is 5.15. The van der Waals surface area contributed by atoms with E-state index in [4.69, 9.17) is 15.6 Å². The Morgan fingerprint density at radius 1 is 1.06 bits per heavy atom. The maximum Gasteiger partial charge on any atom is 0.372 e. The Kier molecular flexibility index (Phi) is 8.00. The lowest BCUT2D eigenvalue weighted by Gasteiger charge is -2.04. The predicted octanol–water partition coefficient (Wildman–Crippen LogP) is -1.06. The number of ketones is 1. The molecule has 0 aromatic rings. The van der Waals surface area contributed by atoms with Crippen LogP contribution in [0.1, 0.15) is 12.8 Å². The van der Waals surface area contributed by atoms with Crippen LogP contribution in [0.15, 0.2) is 0 Å². The van der Waals surface area contributed by atoms with Crippen molar-refractivity contribution in [3.8, 4) is 0 Å². The van der Waals surface area contributed by atoms with Gasteiger partial charge < -0.3 is 20.3 Å². The van der Waals surface area contributed by atoms with Crippen molar-refractivity contribution < 1.29 is 29.0 Å². The molecule has 0 aliphatic heterocycles. The fourth-order valence-electron chi connectivity index (χ4n) is 0.795. The summed E-state index contributed by atoms with van der Waals surface area (Å²) < 4.78 is 9.60. The second kappa shape index (κ2) is 8.81. The van der Waals surface area contributed by atoms with Crippen LogP contribution in [-0.4, -0.2) is 49.2 Å². The number of carbonyl (C=O) groups excluding carboxylic acids is 2. The van der Waals surface area contributed by atoms with E-state index in [-0.39, 0.29) is 26.1 Å². The number of carboxylic acids is 1. The van der Waals surface area contributed by atoms with Crippen LogP contribution in [0.4, 0.5) is 0 Å². The lowest BCUT2D eigenvalue weighted by molar-refractivity contribution is -0.151. The molecule has 0 aliphatic carbocycles. The molecule has 0 atom stereocenters. The molecule has 3 N–H and O–H groups in total. The quantitative estimate of drug-likeness (QED) is 0.296. The Bertz CT molecular complexity index is 252. The second-order valence-corrected chi connectivity index (χ2v) is 2.85. The summed E-state index contributed by atoms with van der Waals surface area (Å²) >= 11 is 0. The van der Waals surface area contributed by atoms with E-state index in [9.17, 15) is 14.4 Å². The number of aliphatic carboxylic acids is 1. The zero-order valence-corrected chi connectivity index (χ0v) is 8.81. The van der Waals surface area contributed by atoms with E-state index >= 15 is 0 Å². The largest absolute Gasteiger partial charge is 0.476 e. The number of carbonyl (C=O) groups is 3. The van der Waals surface area contributed by atoms with E-state index in [1.165, 1.54) is 0 Å². The summed E-state index contributed by atoms with van der Waals surface area (Å²) in [4.78, 5) is 31.7. The summed E-state index contributed by atoms with van der Waals surface area (Å²) in [6.45, 7) is 1.08. The first-order valence-electron chi connectivity index (χ1n) is 4.77. The summed E-state index contributed by atoms with van der Waals surface area (Å²) in [5.74, 6) is -3.17. The van der Waals surface area contributed by atoms with E-state index in [0.717, 1.165) is 0 Å². The van der Waals surface area contributed by atoms with Gasteiger partial charge in [-0.25, -0.2) is 4.79 Å². The second-order valence-electron chi connectivity index (χ2n) is 2.85. The third-order valence-corrected chi connectivity index (χ3v) is 1.55. The highest BCUT2D eigenvalue weighted by Crippen LogP contribution is 1.94. The molecule has 0 rings (SSSR count). The van der Waals surface area contributed by atoms with Gasteiger partial charge in [0.1, 0.15) is 6.61 Å². The molecule has 0 unspecified atom stereocenters. The normalized spacial score (nSPS) is 9.81. The molecule has 92 valence electrons. The number of ether oxygens (including phenoxy) is 2. The maximum atomic E-state index is 11.0. The Labute approximate surface area is 92.5 Å². The van der Waals surface area contributed by atoms with E-state index in [1.807, 2.05) is 0 Å². The molecule has 0 aromatic heterocycles. The fraction of sp³-hybridized carbons (Fsp3) is 0.667. The third-order valence-electron chi connectivity index (χ3n) is 1.55. The topological polar surface area (TPSA) is 116 Å². The van der Waals surface area contributed by atoms with Gasteiger partial charge in [0.2, 0.25) is 5.78 Å². The van der Waals surface area contributed by atoms with Crippen molar-refractivity contribution >= 4 is 17.7 Å². The molecule has 7 heteroatoms. The molecule has 0 saturated heterocycles. The van der Waals surface area contributed by atoms with Gasteiger partial charge >= 0.3 is 11.9 Å². The minimum Gasteiger partial charge on any atom is -0.476 e. The molecule has 0 amide bonds. The molecule has 16 heavy (non-hydrogen) atoms.